The van der Waals surface area contributed by atoms with Gasteiger partial charge in [-0.05, 0) is 110 Å². The van der Waals surface area contributed by atoms with E-state index in [1.54, 1.807) is 6.07 Å². The molecule has 0 fully saturated rings. The number of anilines is 4. The van der Waals surface area contributed by atoms with Gasteiger partial charge in [0.25, 0.3) is 0 Å². The summed E-state index contributed by atoms with van der Waals surface area (Å²) >= 11 is 0. The fourth-order valence-electron chi connectivity index (χ4n) is 8.90. The maximum absolute atomic E-state index is 14.8. The smallest absolute Gasteiger partial charge is 0.135 e. The molecule has 0 amide bonds. The summed E-state index contributed by atoms with van der Waals surface area (Å²) in [6, 6.07) is 59.0. The first-order valence-corrected chi connectivity index (χ1v) is 22.7. The molecule has 0 unspecified atom stereocenters. The molecule has 0 bridgehead atoms. The first-order chi connectivity index (χ1) is 31.5. The van der Waals surface area contributed by atoms with E-state index in [0.717, 1.165) is 72.6 Å². The van der Waals surface area contributed by atoms with Crippen molar-refractivity contribution in [1.82, 2.24) is 9.55 Å². The second-order valence-electron chi connectivity index (χ2n) is 20.5. The molecule has 7 aromatic carbocycles. The van der Waals surface area contributed by atoms with Gasteiger partial charge in [-0.15, -0.1) is 48.1 Å². The van der Waals surface area contributed by atoms with Gasteiger partial charge in [0.1, 0.15) is 11.6 Å². The molecular weight excluding hydrogens is 1010 g/mol. The topological polar surface area (TPSA) is 33.5 Å². The molecular formula is C60H54FN4OPt-3. The molecule has 0 radical (unpaired) electrons. The number of benzene rings is 7. The van der Waals surface area contributed by atoms with Crippen LogP contribution in [0.4, 0.5) is 27.1 Å². The van der Waals surface area contributed by atoms with Crippen LogP contribution in [-0.4, -0.2) is 9.55 Å². The largest absolute Gasteiger partial charge is 0.509 e. The van der Waals surface area contributed by atoms with Crippen molar-refractivity contribution in [2.24, 2.45) is 0 Å². The van der Waals surface area contributed by atoms with Gasteiger partial charge in [0.2, 0.25) is 0 Å². The summed E-state index contributed by atoms with van der Waals surface area (Å²) in [6.07, 6.45) is 1.84. The van der Waals surface area contributed by atoms with Crippen LogP contribution in [0, 0.1) is 24.6 Å². The Morgan fingerprint density at radius 3 is 1.96 bits per heavy atom. The van der Waals surface area contributed by atoms with Crippen molar-refractivity contribution >= 4 is 44.6 Å². The summed E-state index contributed by atoms with van der Waals surface area (Å²) in [5.74, 6) is 1.48. The molecule has 67 heavy (non-hydrogen) atoms. The predicted molar refractivity (Wildman–Crippen MR) is 271 cm³/mol. The van der Waals surface area contributed by atoms with Gasteiger partial charge in [-0.1, -0.05) is 135 Å². The predicted octanol–water partition coefficient (Wildman–Crippen LogP) is 16.3. The van der Waals surface area contributed by atoms with Gasteiger partial charge >= 0.3 is 0 Å². The Morgan fingerprint density at radius 2 is 1.22 bits per heavy atom. The average Bonchev–Trinajstić information content (AvgIpc) is 3.84. The van der Waals surface area contributed by atoms with Crippen LogP contribution in [0.25, 0.3) is 49.9 Å². The van der Waals surface area contributed by atoms with Gasteiger partial charge in [-0.25, -0.2) is 9.37 Å². The van der Waals surface area contributed by atoms with Crippen molar-refractivity contribution in [1.29, 1.82) is 0 Å². The summed E-state index contributed by atoms with van der Waals surface area (Å²) in [6.45, 7) is 22.4. The Morgan fingerprint density at radius 1 is 0.552 bits per heavy atom. The van der Waals surface area contributed by atoms with Crippen LogP contribution >= 0.6 is 0 Å². The molecule has 1 aliphatic heterocycles. The quantitative estimate of drug-likeness (QED) is 0.149. The number of halogens is 1. The van der Waals surface area contributed by atoms with Gasteiger partial charge in [0.05, 0.1) is 0 Å². The second-order valence-corrected chi connectivity index (χ2v) is 20.5. The van der Waals surface area contributed by atoms with Crippen LogP contribution in [0.5, 0.6) is 11.5 Å². The first kappa shape index (κ1) is 45.7. The number of para-hydroxylation sites is 1. The van der Waals surface area contributed by atoms with Crippen LogP contribution in [0.2, 0.25) is 0 Å². The zero-order valence-electron chi connectivity index (χ0n) is 39.5. The van der Waals surface area contributed by atoms with E-state index in [-0.39, 0.29) is 43.1 Å². The van der Waals surface area contributed by atoms with Crippen molar-refractivity contribution in [3.05, 3.63) is 199 Å². The van der Waals surface area contributed by atoms with Gasteiger partial charge < -0.3 is 19.1 Å². The molecule has 0 saturated carbocycles. The summed E-state index contributed by atoms with van der Waals surface area (Å²) in [7, 11) is 0. The Balaban J connectivity index is 0.00000562. The molecule has 1 aliphatic rings. The standard InChI is InChI=1S/C60H54FN4O.Pt/c1-58(2,3)42-28-29-62-56(34-42)65-53-27-24-45(61)35-52(53)51-26-25-49(37-55(51)65)66-48-21-14-20-46(36-48)63-38-64(47-32-43(59(4,5)6)31-44(33-47)60(7,8)9)57-50(22-15-23-54(57)63)41-19-13-18-40(30-41)39-16-11-10-12-17-39;/h10-35,38H,1-9H3;/q-3;. The van der Waals surface area contributed by atoms with Crippen LogP contribution in [0.3, 0.4) is 0 Å². The van der Waals surface area contributed by atoms with E-state index in [1.165, 1.54) is 22.8 Å². The minimum Gasteiger partial charge on any atom is -0.509 e. The van der Waals surface area contributed by atoms with Gasteiger partial charge in [-0.3, -0.25) is 0 Å². The third-order valence-corrected chi connectivity index (χ3v) is 12.6. The number of hydrogen-bond donors (Lipinski definition) is 0. The van der Waals surface area contributed by atoms with Crippen molar-refractivity contribution in [2.75, 3.05) is 9.80 Å². The zero-order chi connectivity index (χ0) is 46.1. The normalized spacial score (nSPS) is 13.0. The number of pyridine rings is 1. The third-order valence-electron chi connectivity index (χ3n) is 12.6. The number of rotatable bonds is 7. The molecule has 0 aliphatic carbocycles. The van der Waals surface area contributed by atoms with Crippen molar-refractivity contribution < 1.29 is 30.2 Å². The maximum atomic E-state index is 14.8. The summed E-state index contributed by atoms with van der Waals surface area (Å²) in [4.78, 5) is 9.35. The van der Waals surface area contributed by atoms with E-state index < -0.39 is 0 Å². The van der Waals surface area contributed by atoms with E-state index in [0.29, 0.717) is 11.5 Å². The first-order valence-electron chi connectivity index (χ1n) is 22.7. The molecule has 340 valence electrons. The van der Waals surface area contributed by atoms with Gasteiger partial charge in [0, 0.05) is 66.9 Å². The van der Waals surface area contributed by atoms with Gasteiger partial charge in [-0.2, -0.15) is 12.1 Å². The second kappa shape index (κ2) is 17.3. The number of fused-ring (bicyclic) bond motifs is 4. The van der Waals surface area contributed by atoms with Crippen LogP contribution in [0.1, 0.15) is 79.0 Å². The van der Waals surface area contributed by atoms with Crippen LogP contribution in [0.15, 0.2) is 158 Å². The number of ether oxygens (including phenoxy) is 1. The molecule has 0 atom stereocenters. The molecule has 10 rings (SSSR count). The number of nitrogens with zero attached hydrogens (tertiary/aromatic N) is 4. The molecule has 2 aromatic heterocycles. The Bertz CT molecular complexity index is 3270. The van der Waals surface area contributed by atoms with Crippen molar-refractivity contribution in [2.45, 2.75) is 78.6 Å². The number of hydrogen-bond acceptors (Lipinski definition) is 4. The maximum Gasteiger partial charge on any atom is 0.135 e. The molecule has 7 heteroatoms. The molecule has 9 aromatic rings. The number of aromatic nitrogens is 2. The van der Waals surface area contributed by atoms with Gasteiger partial charge in [0.15, 0.2) is 0 Å². The summed E-state index contributed by atoms with van der Waals surface area (Å²) < 4.78 is 23.5. The van der Waals surface area contributed by atoms with E-state index in [2.05, 4.69) is 194 Å². The van der Waals surface area contributed by atoms with Crippen LogP contribution < -0.4 is 14.5 Å². The van der Waals surface area contributed by atoms with Crippen molar-refractivity contribution in [3.8, 4) is 39.6 Å². The molecule has 0 saturated heterocycles. The zero-order valence-corrected chi connectivity index (χ0v) is 41.8. The monoisotopic (exact) mass is 1060 g/mol. The molecule has 3 heterocycles. The molecule has 0 N–H and O–H groups in total. The SMILES string of the molecule is CC(C)(C)c1cc(N2[CH-]N(c3[c-]c(Oc4[c-]c5c(cc4)c4cc(F)ccc4n5-c4cc(C(C)(C)C)ccn4)ccc3)c3cccc(-c4cccc(-c5ccccc5)c4)c32)cc(C(C)(C)C)c1.[Pt]. The van der Waals surface area contributed by atoms with E-state index in [1.807, 2.05) is 47.2 Å². The average molecular weight is 1060 g/mol. The van der Waals surface area contributed by atoms with Crippen molar-refractivity contribution in [3.63, 3.8) is 0 Å². The fraction of sp³-hybridized carbons (Fsp3) is 0.200. The Labute approximate surface area is 409 Å². The molecule has 5 nitrogen and oxygen atoms in total. The third kappa shape index (κ3) is 8.80. The minimum atomic E-state index is -0.298. The summed E-state index contributed by atoms with van der Waals surface area (Å²) in [5.41, 5.74) is 13.7. The van der Waals surface area contributed by atoms with E-state index in [4.69, 9.17) is 9.72 Å². The van der Waals surface area contributed by atoms with E-state index in [9.17, 15) is 4.39 Å². The Hall–Kier alpha value is -6.49. The minimum absolute atomic E-state index is 0. The Kier molecular flexibility index (Phi) is 11.8. The fourth-order valence-corrected chi connectivity index (χ4v) is 8.90. The molecule has 0 spiro atoms. The summed E-state index contributed by atoms with van der Waals surface area (Å²) in [5, 5.41) is 1.64. The van der Waals surface area contributed by atoms with Crippen LogP contribution in [-0.2, 0) is 37.3 Å². The van der Waals surface area contributed by atoms with E-state index >= 15 is 0 Å².